The largest absolute Gasteiger partial charge is 1.00 e. The van der Waals surface area contributed by atoms with Crippen LogP contribution in [0.3, 0.4) is 0 Å². The third kappa shape index (κ3) is 24.6. The van der Waals surface area contributed by atoms with E-state index in [9.17, 15) is 0 Å². The maximum Gasteiger partial charge on any atom is 1.00 e. The van der Waals surface area contributed by atoms with Gasteiger partial charge in [0.15, 0.2) is 0 Å². The second-order valence-corrected chi connectivity index (χ2v) is 2.18. The Labute approximate surface area is 113 Å². The van der Waals surface area contributed by atoms with Crippen molar-refractivity contribution in [2.75, 3.05) is 0 Å². The van der Waals surface area contributed by atoms with E-state index in [-0.39, 0.29) is 57.0 Å². The normalized spacial score (nSPS) is 9.18. The van der Waals surface area contributed by atoms with Crippen molar-refractivity contribution < 1.29 is 57.0 Å². The molecule has 3 heteroatoms. The molecule has 0 aliphatic carbocycles. The van der Waals surface area contributed by atoms with Crippen LogP contribution >= 0.6 is 0 Å². The summed E-state index contributed by atoms with van der Waals surface area (Å²) in [4.78, 5) is 0. The maximum absolute atomic E-state index is 6.25. The second-order valence-electron chi connectivity index (χ2n) is 2.18. The van der Waals surface area contributed by atoms with Crippen molar-refractivity contribution in [1.82, 2.24) is 0 Å². The van der Waals surface area contributed by atoms with Gasteiger partial charge in [0.25, 0.3) is 0 Å². The van der Waals surface area contributed by atoms with E-state index in [1.54, 1.807) is 0 Å². The van der Waals surface area contributed by atoms with Crippen molar-refractivity contribution in [3.63, 3.8) is 0 Å². The van der Waals surface area contributed by atoms with E-state index in [2.05, 4.69) is 20.8 Å². The summed E-state index contributed by atoms with van der Waals surface area (Å²) < 4.78 is 0. The standard InChI is InChI=1S/C7H15.CN.Cu.Th/c1-4-6-7(3)5-2;1-2;;/h7H,2,4-6H2,1,3H3;;;/q2*-1;+1;/t7-;;;/m1.../s1. The molecule has 0 heterocycles. The molecule has 0 rings (SSSR count). The van der Waals surface area contributed by atoms with E-state index in [0.29, 0.717) is 0 Å². The summed E-state index contributed by atoms with van der Waals surface area (Å²) in [6.07, 6.45) is 3.73. The van der Waals surface area contributed by atoms with Crippen LogP contribution in [0.1, 0.15) is 33.1 Å². The van der Waals surface area contributed by atoms with Crippen LogP contribution in [0, 0.1) is 64.6 Å². The van der Waals surface area contributed by atoms with E-state index in [0.717, 1.165) is 12.3 Å². The third-order valence-electron chi connectivity index (χ3n) is 1.27. The zero-order valence-corrected chi connectivity index (χ0v) is 12.2. The molecule has 0 aromatic carbocycles. The molecule has 0 aromatic rings. The van der Waals surface area contributed by atoms with Gasteiger partial charge < -0.3 is 18.8 Å². The quantitative estimate of drug-likeness (QED) is 0.509. The molecule has 0 saturated heterocycles. The van der Waals surface area contributed by atoms with Crippen LogP contribution in [0.15, 0.2) is 0 Å². The average Bonchev–Trinajstić information content (AvgIpc) is 1.93. The second kappa shape index (κ2) is 22.5. The van der Waals surface area contributed by atoms with E-state index >= 15 is 0 Å². The summed E-state index contributed by atoms with van der Waals surface area (Å²) in [5.74, 6) is 0.838. The fourth-order valence-electron chi connectivity index (χ4n) is 0.637. The summed E-state index contributed by atoms with van der Waals surface area (Å²) in [6, 6.07) is 0. The molecule has 0 unspecified atom stereocenters. The van der Waals surface area contributed by atoms with Crippen LogP contribution in [0.25, 0.3) is 0 Å². The van der Waals surface area contributed by atoms with Gasteiger partial charge in [-0.1, -0.05) is 32.6 Å². The van der Waals surface area contributed by atoms with Crippen molar-refractivity contribution >= 4 is 0 Å². The summed E-state index contributed by atoms with van der Waals surface area (Å²) in [6.45, 7) is 13.0. The van der Waals surface area contributed by atoms with Crippen molar-refractivity contribution in [2.24, 2.45) is 5.92 Å². The smallest absolute Gasteiger partial charge is 0.512 e. The first kappa shape index (κ1) is 22.8. The van der Waals surface area contributed by atoms with Gasteiger partial charge in [-0.2, -0.15) is 6.42 Å². The topological polar surface area (TPSA) is 23.8 Å². The van der Waals surface area contributed by atoms with Crippen molar-refractivity contribution in [2.45, 2.75) is 33.1 Å². The monoisotopic (exact) mass is 420 g/mol. The summed E-state index contributed by atoms with van der Waals surface area (Å²) >= 11 is 0. The molecule has 0 aliphatic rings. The summed E-state index contributed by atoms with van der Waals surface area (Å²) in [5.41, 5.74) is 0. The molecule has 0 aromatic heterocycles. The molecule has 1 nitrogen and oxygen atoms in total. The average molecular weight is 421 g/mol. The van der Waals surface area contributed by atoms with E-state index in [4.69, 9.17) is 11.8 Å². The molecular weight excluding hydrogens is 406 g/mol. The predicted octanol–water partition coefficient (Wildman–Crippen LogP) is 2.74. The van der Waals surface area contributed by atoms with E-state index in [1.807, 2.05) is 0 Å². The molecular formula is C8H15CuNTh-. The fraction of sp³-hybridized carbons (Fsp3) is 0.750. The molecule has 68 valence electrons. The van der Waals surface area contributed by atoms with Gasteiger partial charge in [-0.3, -0.25) is 0 Å². The van der Waals surface area contributed by atoms with Gasteiger partial charge in [0.1, 0.15) is 0 Å². The molecule has 0 N–H and O–H groups in total. The van der Waals surface area contributed by atoms with Gasteiger partial charge in [-0.25, -0.2) is 0 Å². The van der Waals surface area contributed by atoms with Crippen LogP contribution < -0.4 is 0 Å². The first-order valence-electron chi connectivity index (χ1n) is 3.32. The molecule has 11 heavy (non-hydrogen) atoms. The Kier molecular flexibility index (Phi) is 46.7. The predicted molar refractivity (Wildman–Crippen MR) is 39.0 cm³/mol. The van der Waals surface area contributed by atoms with Gasteiger partial charge in [0.05, 0.1) is 0 Å². The van der Waals surface area contributed by atoms with Crippen LogP contribution in [-0.4, -0.2) is 0 Å². The SMILES string of the molecule is [C-]#N.[CH2-]C[C@@H](C)CCC.[Cu+].[Th]. The Morgan fingerprint density at radius 3 is 1.91 bits per heavy atom. The Morgan fingerprint density at radius 2 is 1.82 bits per heavy atom. The Morgan fingerprint density at radius 1 is 1.45 bits per heavy atom. The molecule has 0 radical (unpaired) electrons. The minimum absolute atomic E-state index is 0. The first-order chi connectivity index (χ1) is 4.31. The Hall–Kier alpha value is 1.33. The van der Waals surface area contributed by atoms with Crippen LogP contribution in [0.2, 0.25) is 0 Å². The van der Waals surface area contributed by atoms with Crippen molar-refractivity contribution in [3.8, 4) is 0 Å². The molecule has 0 spiro atoms. The first-order valence-corrected chi connectivity index (χ1v) is 3.32. The number of rotatable bonds is 3. The Bertz CT molecular complexity index is 66.4. The summed E-state index contributed by atoms with van der Waals surface area (Å²) in [5, 5.41) is 6.25. The number of hydrogen-bond donors (Lipinski definition) is 0. The van der Waals surface area contributed by atoms with Gasteiger partial charge in [-0.15, -0.1) is 0 Å². The molecule has 0 fully saturated rings. The van der Waals surface area contributed by atoms with Crippen LogP contribution in [0.4, 0.5) is 0 Å². The fourth-order valence-corrected chi connectivity index (χ4v) is 0.637. The minimum atomic E-state index is 0. The maximum atomic E-state index is 6.25. The van der Waals surface area contributed by atoms with E-state index < -0.39 is 0 Å². The molecule has 0 amide bonds. The zero-order valence-electron chi connectivity index (χ0n) is 7.15. The molecule has 1 atom stereocenters. The van der Waals surface area contributed by atoms with Crippen molar-refractivity contribution in [3.05, 3.63) is 13.5 Å². The van der Waals surface area contributed by atoms with Crippen LogP contribution in [0.5, 0.6) is 0 Å². The van der Waals surface area contributed by atoms with Gasteiger partial charge >= 0.3 is 17.1 Å². The van der Waals surface area contributed by atoms with Crippen molar-refractivity contribution in [1.29, 1.82) is 5.26 Å². The zero-order chi connectivity index (χ0) is 7.70. The van der Waals surface area contributed by atoms with Crippen LogP contribution in [-0.2, 0) is 17.1 Å². The molecule has 0 saturated carbocycles. The van der Waals surface area contributed by atoms with Gasteiger partial charge in [-0.05, 0) is 0 Å². The van der Waals surface area contributed by atoms with E-state index in [1.165, 1.54) is 12.8 Å². The minimum Gasteiger partial charge on any atom is -0.512 e. The van der Waals surface area contributed by atoms with Gasteiger partial charge in [0.2, 0.25) is 0 Å². The van der Waals surface area contributed by atoms with Gasteiger partial charge in [0, 0.05) is 39.9 Å². The number of nitrogens with zero attached hydrogens (tertiary/aromatic N) is 1. The summed E-state index contributed by atoms with van der Waals surface area (Å²) in [7, 11) is 0. The Balaban J connectivity index is -0.0000000564. The third-order valence-corrected chi connectivity index (χ3v) is 1.27. The molecule has 0 bridgehead atoms. The molecule has 0 aliphatic heterocycles. The number of hydrogen-bond acceptors (Lipinski definition) is 1.